The second kappa shape index (κ2) is 13.1. The highest BCUT2D eigenvalue weighted by atomic mass is 32.2. The fourth-order valence-corrected chi connectivity index (χ4v) is 5.98. The molecule has 9 heteroatoms. The Kier molecular flexibility index (Phi) is 9.48. The molecular formula is C34H34N4O4S. The molecule has 2 aromatic heterocycles. The molecular weight excluding hydrogens is 560 g/mol. The van der Waals surface area contributed by atoms with Gasteiger partial charge in [0.05, 0.1) is 46.0 Å². The highest BCUT2D eigenvalue weighted by molar-refractivity contribution is 7.91. The van der Waals surface area contributed by atoms with E-state index in [4.69, 9.17) is 9.47 Å². The fraction of sp³-hybridized carbons (Fsp3) is 0.294. The zero-order valence-corrected chi connectivity index (χ0v) is 25.5. The zero-order valence-electron chi connectivity index (χ0n) is 24.6. The minimum Gasteiger partial charge on any atom is -0.493 e. The van der Waals surface area contributed by atoms with Crippen LogP contribution in [0.4, 0.5) is 0 Å². The summed E-state index contributed by atoms with van der Waals surface area (Å²) in [7, 11) is -3.79. The number of nitriles is 2. The van der Waals surface area contributed by atoms with Gasteiger partial charge in [-0.05, 0) is 112 Å². The Labute approximate surface area is 253 Å². The molecule has 0 aliphatic rings. The minimum atomic E-state index is -3.79. The molecule has 4 rings (SSSR count). The monoisotopic (exact) mass is 594 g/mol. The molecule has 0 bridgehead atoms. The first-order valence-electron chi connectivity index (χ1n) is 13.8. The van der Waals surface area contributed by atoms with E-state index in [-0.39, 0.29) is 34.8 Å². The van der Waals surface area contributed by atoms with E-state index in [2.05, 4.69) is 22.1 Å². The van der Waals surface area contributed by atoms with Crippen molar-refractivity contribution in [2.24, 2.45) is 10.8 Å². The molecule has 0 fully saturated rings. The van der Waals surface area contributed by atoms with Gasteiger partial charge in [0.25, 0.3) is 0 Å². The predicted octanol–water partition coefficient (Wildman–Crippen LogP) is 6.73. The third-order valence-corrected chi connectivity index (χ3v) is 9.42. The Hall–Kier alpha value is -4.73. The summed E-state index contributed by atoms with van der Waals surface area (Å²) < 4.78 is 38.7. The van der Waals surface area contributed by atoms with Crippen LogP contribution < -0.4 is 9.47 Å². The van der Waals surface area contributed by atoms with E-state index in [1.807, 2.05) is 52.0 Å². The van der Waals surface area contributed by atoms with Gasteiger partial charge < -0.3 is 9.47 Å². The van der Waals surface area contributed by atoms with Crippen LogP contribution in [0.5, 0.6) is 11.5 Å². The maximum Gasteiger partial charge on any atom is 0.206 e. The minimum absolute atomic E-state index is 0.130. The molecule has 0 saturated heterocycles. The number of pyridine rings is 2. The summed E-state index contributed by atoms with van der Waals surface area (Å²) in [6.45, 7) is 7.93. The van der Waals surface area contributed by atoms with Gasteiger partial charge in [0.15, 0.2) is 0 Å². The summed E-state index contributed by atoms with van der Waals surface area (Å²) in [4.78, 5) is 8.37. The van der Waals surface area contributed by atoms with Crippen LogP contribution in [0, 0.1) is 33.5 Å². The van der Waals surface area contributed by atoms with E-state index in [0.29, 0.717) is 11.5 Å². The lowest BCUT2D eigenvalue weighted by Gasteiger charge is -2.28. The lowest BCUT2D eigenvalue weighted by molar-refractivity contribution is 0.227. The smallest absolute Gasteiger partial charge is 0.206 e. The van der Waals surface area contributed by atoms with E-state index in [9.17, 15) is 18.9 Å². The number of ether oxygens (including phenoxy) is 2. The number of rotatable bonds is 12. The molecule has 43 heavy (non-hydrogen) atoms. The molecule has 0 spiro atoms. The van der Waals surface area contributed by atoms with E-state index >= 15 is 0 Å². The Bertz CT molecular complexity index is 1570. The van der Waals surface area contributed by atoms with Crippen molar-refractivity contribution in [2.45, 2.75) is 49.3 Å². The summed E-state index contributed by atoms with van der Waals surface area (Å²) in [6.07, 6.45) is 6.73. The molecule has 2 heterocycles. The first kappa shape index (κ1) is 31.2. The molecule has 0 N–H and O–H groups in total. The first-order chi connectivity index (χ1) is 20.5. The molecule has 0 aliphatic carbocycles. The van der Waals surface area contributed by atoms with Crippen LogP contribution in [-0.2, 0) is 9.84 Å². The van der Waals surface area contributed by atoms with Gasteiger partial charge in [-0.25, -0.2) is 8.42 Å². The molecule has 0 saturated carbocycles. The Morgan fingerprint density at radius 2 is 0.953 bits per heavy atom. The fourth-order valence-electron chi connectivity index (χ4n) is 4.72. The second-order valence-corrected chi connectivity index (χ2v) is 13.4. The standard InChI is InChI=1S/C34H34N4O4S/c1-33(2,23-35)31(25-13-17-37-18-14-25)21-41-27-5-9-29(10-6-27)43(39,40)30-11-7-28(8-12-30)42-22-32(34(3,4)24-36)26-15-19-38-20-16-26/h5-20,31-32H,21-22H2,1-4H3. The molecule has 0 aliphatic heterocycles. The number of hydrogen-bond donors (Lipinski definition) is 0. The van der Waals surface area contributed by atoms with E-state index in [1.54, 1.807) is 49.1 Å². The normalized spacial score (nSPS) is 13.3. The van der Waals surface area contributed by atoms with Crippen molar-refractivity contribution >= 4 is 9.84 Å². The SMILES string of the molecule is CC(C)(C#N)C(COc1ccc(S(=O)(=O)c2ccc(OCC(c3ccncc3)C(C)(C)C#N)cc2)cc1)c1ccncc1. The average molecular weight is 595 g/mol. The molecule has 4 aromatic rings. The highest BCUT2D eigenvalue weighted by Crippen LogP contribution is 2.37. The third-order valence-electron chi connectivity index (χ3n) is 7.64. The van der Waals surface area contributed by atoms with Crippen molar-refractivity contribution in [3.63, 3.8) is 0 Å². The van der Waals surface area contributed by atoms with Gasteiger partial charge in [0, 0.05) is 36.6 Å². The van der Waals surface area contributed by atoms with Gasteiger partial charge in [-0.3, -0.25) is 9.97 Å². The summed E-state index contributed by atoms with van der Waals surface area (Å²) in [5, 5.41) is 19.4. The highest BCUT2D eigenvalue weighted by Gasteiger charge is 2.33. The van der Waals surface area contributed by atoms with Crippen molar-refractivity contribution in [3.05, 3.63) is 109 Å². The molecule has 2 unspecified atom stereocenters. The lowest BCUT2D eigenvalue weighted by atomic mass is 9.77. The maximum atomic E-state index is 13.3. The number of benzene rings is 2. The van der Waals surface area contributed by atoms with E-state index in [0.717, 1.165) is 11.1 Å². The number of hydrogen-bond acceptors (Lipinski definition) is 8. The molecule has 2 atom stereocenters. The summed E-state index contributed by atoms with van der Waals surface area (Å²) in [6, 6.07) is 24.7. The summed E-state index contributed by atoms with van der Waals surface area (Å²) in [5.74, 6) is 0.574. The second-order valence-electron chi connectivity index (χ2n) is 11.4. The van der Waals surface area contributed by atoms with Gasteiger partial charge in [-0.15, -0.1) is 0 Å². The van der Waals surface area contributed by atoms with E-state index < -0.39 is 20.7 Å². The van der Waals surface area contributed by atoms with Crippen molar-refractivity contribution in [1.29, 1.82) is 10.5 Å². The Morgan fingerprint density at radius 3 is 1.26 bits per heavy atom. The van der Waals surface area contributed by atoms with Gasteiger partial charge >= 0.3 is 0 Å². The van der Waals surface area contributed by atoms with Crippen LogP contribution in [-0.4, -0.2) is 31.6 Å². The molecule has 0 amide bonds. The van der Waals surface area contributed by atoms with Crippen molar-refractivity contribution < 1.29 is 17.9 Å². The Balaban J connectivity index is 1.43. The lowest BCUT2D eigenvalue weighted by Crippen LogP contribution is -2.26. The topological polar surface area (TPSA) is 126 Å². The number of aromatic nitrogens is 2. The zero-order chi connectivity index (χ0) is 31.1. The van der Waals surface area contributed by atoms with Crippen LogP contribution in [0.25, 0.3) is 0 Å². The molecule has 0 radical (unpaired) electrons. The van der Waals surface area contributed by atoms with Gasteiger partial charge in [-0.2, -0.15) is 10.5 Å². The summed E-state index contributed by atoms with van der Waals surface area (Å²) >= 11 is 0. The van der Waals surface area contributed by atoms with Crippen LogP contribution in [0.15, 0.2) is 107 Å². The number of sulfone groups is 1. The van der Waals surface area contributed by atoms with Crippen molar-refractivity contribution in [3.8, 4) is 23.6 Å². The Morgan fingerprint density at radius 1 is 0.628 bits per heavy atom. The van der Waals surface area contributed by atoms with Gasteiger partial charge in [0.2, 0.25) is 9.84 Å². The van der Waals surface area contributed by atoms with Crippen LogP contribution in [0.1, 0.15) is 50.7 Å². The average Bonchev–Trinajstić information content (AvgIpc) is 3.02. The quantitative estimate of drug-likeness (QED) is 0.177. The van der Waals surface area contributed by atoms with Crippen LogP contribution >= 0.6 is 0 Å². The number of nitrogens with zero attached hydrogens (tertiary/aromatic N) is 4. The van der Waals surface area contributed by atoms with Crippen LogP contribution in [0.3, 0.4) is 0 Å². The third kappa shape index (κ3) is 7.38. The van der Waals surface area contributed by atoms with Crippen molar-refractivity contribution in [1.82, 2.24) is 9.97 Å². The van der Waals surface area contributed by atoms with Crippen molar-refractivity contribution in [2.75, 3.05) is 13.2 Å². The summed E-state index contributed by atoms with van der Waals surface area (Å²) in [5.41, 5.74) is 0.503. The predicted molar refractivity (Wildman–Crippen MR) is 162 cm³/mol. The maximum absolute atomic E-state index is 13.3. The van der Waals surface area contributed by atoms with Gasteiger partial charge in [-0.1, -0.05) is 0 Å². The largest absolute Gasteiger partial charge is 0.493 e. The first-order valence-corrected chi connectivity index (χ1v) is 15.3. The van der Waals surface area contributed by atoms with Crippen LogP contribution in [0.2, 0.25) is 0 Å². The molecule has 2 aromatic carbocycles. The van der Waals surface area contributed by atoms with E-state index in [1.165, 1.54) is 24.3 Å². The molecule has 220 valence electrons. The molecule has 8 nitrogen and oxygen atoms in total. The van der Waals surface area contributed by atoms with Gasteiger partial charge in [0.1, 0.15) is 11.5 Å².